The first-order valence-corrected chi connectivity index (χ1v) is 5.74. The molecule has 0 aromatic carbocycles. The first-order valence-electron chi connectivity index (χ1n) is 5.74. The van der Waals surface area contributed by atoms with Gasteiger partial charge in [0.2, 0.25) is 0 Å². The van der Waals surface area contributed by atoms with Crippen molar-refractivity contribution < 1.29 is 14.3 Å². The lowest BCUT2D eigenvalue weighted by Gasteiger charge is -2.21. The van der Waals surface area contributed by atoms with Gasteiger partial charge in [-0.1, -0.05) is 0 Å². The molecule has 4 heteroatoms. The van der Waals surface area contributed by atoms with Crippen LogP contribution in [0.15, 0.2) is 0 Å². The topological polar surface area (TPSA) is 47.6 Å². The number of nitrogens with one attached hydrogen (secondary N) is 1. The second-order valence-electron chi connectivity index (χ2n) is 5.02. The van der Waals surface area contributed by atoms with E-state index in [4.69, 9.17) is 9.47 Å². The number of methoxy groups -OCH3 is 1. The number of ether oxygens (including phenoxy) is 2. The van der Waals surface area contributed by atoms with Crippen molar-refractivity contribution >= 4 is 5.97 Å². The van der Waals surface area contributed by atoms with Crippen molar-refractivity contribution in [2.24, 2.45) is 0 Å². The van der Waals surface area contributed by atoms with Gasteiger partial charge < -0.3 is 14.8 Å². The standard InChI is InChI=1S/C12H25NO3/c1-9(10(2)15-6)13-8-7-11(14)16-12(3,4)5/h9-10,13H,7-8H2,1-6H3. The lowest BCUT2D eigenvalue weighted by atomic mass is 10.2. The first-order chi connectivity index (χ1) is 7.26. The van der Waals surface area contributed by atoms with Crippen molar-refractivity contribution in [3.8, 4) is 0 Å². The molecule has 0 aromatic rings. The van der Waals surface area contributed by atoms with Crippen LogP contribution in [-0.4, -0.2) is 37.4 Å². The molecule has 16 heavy (non-hydrogen) atoms. The van der Waals surface area contributed by atoms with Crippen LogP contribution in [0.1, 0.15) is 41.0 Å². The summed E-state index contributed by atoms with van der Waals surface area (Å²) in [7, 11) is 1.68. The number of esters is 1. The molecule has 0 amide bonds. The predicted molar refractivity (Wildman–Crippen MR) is 64.4 cm³/mol. The first kappa shape index (κ1) is 15.4. The molecular formula is C12H25NO3. The Kier molecular flexibility index (Phi) is 6.60. The Hall–Kier alpha value is -0.610. The molecule has 0 saturated heterocycles. The van der Waals surface area contributed by atoms with Crippen molar-refractivity contribution in [1.29, 1.82) is 0 Å². The molecule has 0 aromatic heterocycles. The van der Waals surface area contributed by atoms with Gasteiger partial charge in [0.05, 0.1) is 12.5 Å². The quantitative estimate of drug-likeness (QED) is 0.707. The zero-order chi connectivity index (χ0) is 12.8. The molecule has 0 heterocycles. The van der Waals surface area contributed by atoms with Crippen molar-refractivity contribution in [2.45, 2.75) is 58.8 Å². The Bertz CT molecular complexity index is 211. The Morgan fingerprint density at radius 2 is 1.88 bits per heavy atom. The summed E-state index contributed by atoms with van der Waals surface area (Å²) < 4.78 is 10.4. The molecule has 0 saturated carbocycles. The molecule has 1 N–H and O–H groups in total. The molecule has 0 aliphatic heterocycles. The molecule has 0 aliphatic rings. The largest absolute Gasteiger partial charge is 0.460 e. The van der Waals surface area contributed by atoms with E-state index in [9.17, 15) is 4.79 Å². The summed E-state index contributed by atoms with van der Waals surface area (Å²) in [5.74, 6) is -0.169. The van der Waals surface area contributed by atoms with Gasteiger partial charge in [-0.15, -0.1) is 0 Å². The fourth-order valence-electron chi connectivity index (χ4n) is 1.16. The molecule has 2 atom stereocenters. The highest BCUT2D eigenvalue weighted by Crippen LogP contribution is 2.07. The minimum absolute atomic E-state index is 0.138. The van der Waals surface area contributed by atoms with Gasteiger partial charge in [0.1, 0.15) is 5.60 Å². The fourth-order valence-corrected chi connectivity index (χ4v) is 1.16. The predicted octanol–water partition coefficient (Wildman–Crippen LogP) is 1.73. The van der Waals surface area contributed by atoms with E-state index in [-0.39, 0.29) is 18.1 Å². The summed E-state index contributed by atoms with van der Waals surface area (Å²) in [5, 5.41) is 3.22. The Morgan fingerprint density at radius 3 is 2.31 bits per heavy atom. The van der Waals surface area contributed by atoms with Crippen LogP contribution in [0.25, 0.3) is 0 Å². The molecule has 0 rings (SSSR count). The SMILES string of the molecule is COC(C)C(C)NCCC(=O)OC(C)(C)C. The van der Waals surface area contributed by atoms with Gasteiger partial charge in [0.25, 0.3) is 0 Å². The average Bonchev–Trinajstić information content (AvgIpc) is 2.13. The number of hydrogen-bond acceptors (Lipinski definition) is 4. The summed E-state index contributed by atoms with van der Waals surface area (Å²) in [6, 6.07) is 0.229. The van der Waals surface area contributed by atoms with Crippen LogP contribution >= 0.6 is 0 Å². The minimum Gasteiger partial charge on any atom is -0.460 e. The van der Waals surface area contributed by atoms with E-state index in [1.165, 1.54) is 0 Å². The smallest absolute Gasteiger partial charge is 0.307 e. The van der Waals surface area contributed by atoms with E-state index in [1.807, 2.05) is 34.6 Å². The average molecular weight is 231 g/mol. The summed E-state index contributed by atoms with van der Waals surface area (Å²) >= 11 is 0. The van der Waals surface area contributed by atoms with Gasteiger partial charge in [0.15, 0.2) is 0 Å². The van der Waals surface area contributed by atoms with Crippen molar-refractivity contribution in [3.63, 3.8) is 0 Å². The van der Waals surface area contributed by atoms with E-state index in [0.717, 1.165) is 0 Å². The van der Waals surface area contributed by atoms with E-state index >= 15 is 0 Å². The third-order valence-corrected chi connectivity index (χ3v) is 2.29. The summed E-state index contributed by atoms with van der Waals surface area (Å²) in [4.78, 5) is 11.4. The maximum Gasteiger partial charge on any atom is 0.307 e. The Balaban J connectivity index is 3.70. The van der Waals surface area contributed by atoms with Crippen molar-refractivity contribution in [3.05, 3.63) is 0 Å². The van der Waals surface area contributed by atoms with Crippen molar-refractivity contribution in [1.82, 2.24) is 5.32 Å². The monoisotopic (exact) mass is 231 g/mol. The molecule has 0 fully saturated rings. The second kappa shape index (κ2) is 6.86. The number of carbonyl (C=O) groups is 1. The maximum absolute atomic E-state index is 11.4. The third kappa shape index (κ3) is 7.65. The van der Waals surface area contributed by atoms with E-state index in [2.05, 4.69) is 5.32 Å². The van der Waals surface area contributed by atoms with Gasteiger partial charge in [0, 0.05) is 19.7 Å². The van der Waals surface area contributed by atoms with Gasteiger partial charge in [-0.25, -0.2) is 0 Å². The summed E-state index contributed by atoms with van der Waals surface area (Å²) in [5.41, 5.74) is -0.400. The van der Waals surface area contributed by atoms with Gasteiger partial charge >= 0.3 is 5.97 Å². The fraction of sp³-hybridized carbons (Fsp3) is 0.917. The highest BCUT2D eigenvalue weighted by atomic mass is 16.6. The van der Waals surface area contributed by atoms with E-state index in [0.29, 0.717) is 13.0 Å². The molecular weight excluding hydrogens is 206 g/mol. The molecule has 0 bridgehead atoms. The molecule has 0 spiro atoms. The van der Waals surface area contributed by atoms with Gasteiger partial charge in [-0.05, 0) is 34.6 Å². The van der Waals surface area contributed by atoms with Gasteiger partial charge in [-0.2, -0.15) is 0 Å². The molecule has 0 radical (unpaired) electrons. The van der Waals surface area contributed by atoms with Gasteiger partial charge in [-0.3, -0.25) is 4.79 Å². The maximum atomic E-state index is 11.4. The second-order valence-corrected chi connectivity index (χ2v) is 5.02. The molecule has 2 unspecified atom stereocenters. The number of rotatable bonds is 6. The zero-order valence-electron chi connectivity index (χ0n) is 11.3. The van der Waals surface area contributed by atoms with Crippen molar-refractivity contribution in [2.75, 3.05) is 13.7 Å². The van der Waals surface area contributed by atoms with Crippen LogP contribution in [-0.2, 0) is 14.3 Å². The van der Waals surface area contributed by atoms with Crippen LogP contribution in [0.3, 0.4) is 0 Å². The lowest BCUT2D eigenvalue weighted by Crippen LogP contribution is -2.38. The summed E-state index contributed by atoms with van der Waals surface area (Å²) in [6.07, 6.45) is 0.525. The van der Waals surface area contributed by atoms with Crippen LogP contribution < -0.4 is 5.32 Å². The van der Waals surface area contributed by atoms with E-state index < -0.39 is 5.60 Å². The van der Waals surface area contributed by atoms with Crippen LogP contribution in [0.5, 0.6) is 0 Å². The highest BCUT2D eigenvalue weighted by molar-refractivity contribution is 5.70. The Morgan fingerprint density at radius 1 is 1.31 bits per heavy atom. The summed E-state index contributed by atoms with van der Waals surface area (Å²) in [6.45, 7) is 10.2. The molecule has 96 valence electrons. The van der Waals surface area contributed by atoms with Crippen LogP contribution in [0.4, 0.5) is 0 Å². The van der Waals surface area contributed by atoms with Crippen LogP contribution in [0.2, 0.25) is 0 Å². The lowest BCUT2D eigenvalue weighted by molar-refractivity contribution is -0.154. The molecule has 0 aliphatic carbocycles. The molecule has 4 nitrogen and oxygen atoms in total. The Labute approximate surface area is 98.7 Å². The van der Waals surface area contributed by atoms with E-state index in [1.54, 1.807) is 7.11 Å². The zero-order valence-corrected chi connectivity index (χ0v) is 11.3. The normalized spacial score (nSPS) is 15.6. The highest BCUT2D eigenvalue weighted by Gasteiger charge is 2.16. The minimum atomic E-state index is -0.400. The van der Waals surface area contributed by atoms with Crippen LogP contribution in [0, 0.1) is 0 Å². The third-order valence-electron chi connectivity index (χ3n) is 2.29. The number of hydrogen-bond donors (Lipinski definition) is 1. The number of carbonyl (C=O) groups excluding carboxylic acids is 1.